The number of nitrogens with one attached hydrogen (secondary N) is 1. The molecule has 94 valence electrons. The van der Waals surface area contributed by atoms with Crippen LogP contribution in [0, 0.1) is 5.92 Å². The van der Waals surface area contributed by atoms with E-state index in [1.165, 1.54) is 0 Å². The Morgan fingerprint density at radius 3 is 2.50 bits per heavy atom. The Bertz CT molecular complexity index is 243. The molecule has 1 heterocycles. The molecule has 0 aromatic carbocycles. The molecule has 3 unspecified atom stereocenters. The first-order valence-electron chi connectivity index (χ1n) is 6.06. The maximum atomic E-state index is 12.2. The first-order valence-corrected chi connectivity index (χ1v) is 6.06. The van der Waals surface area contributed by atoms with Crippen LogP contribution in [-0.4, -0.2) is 42.8 Å². The molecule has 0 radical (unpaired) electrons. The average molecular weight is 228 g/mol. The number of rotatable bonds is 5. The summed E-state index contributed by atoms with van der Waals surface area (Å²) in [5.74, 6) is 0.570. The largest absolute Gasteiger partial charge is 0.385 e. The lowest BCUT2D eigenvalue weighted by atomic mass is 10.0. The zero-order valence-corrected chi connectivity index (χ0v) is 11.0. The van der Waals surface area contributed by atoms with Crippen LogP contribution in [-0.2, 0) is 9.53 Å². The zero-order chi connectivity index (χ0) is 12.3. The molecule has 0 spiro atoms. The van der Waals surface area contributed by atoms with E-state index in [9.17, 15) is 4.79 Å². The lowest BCUT2D eigenvalue weighted by Gasteiger charge is -2.28. The highest BCUT2D eigenvalue weighted by Crippen LogP contribution is 2.20. The molecular weight excluding hydrogens is 204 g/mol. The third kappa shape index (κ3) is 2.74. The van der Waals surface area contributed by atoms with E-state index in [-0.39, 0.29) is 24.2 Å². The Hall–Kier alpha value is -0.610. The van der Waals surface area contributed by atoms with Crippen LogP contribution in [0.4, 0.5) is 0 Å². The van der Waals surface area contributed by atoms with Gasteiger partial charge >= 0.3 is 0 Å². The van der Waals surface area contributed by atoms with E-state index in [0.717, 1.165) is 6.42 Å². The van der Waals surface area contributed by atoms with Crippen molar-refractivity contribution in [2.45, 2.75) is 52.4 Å². The molecule has 1 saturated heterocycles. The minimum atomic E-state index is -0.0278. The molecule has 1 aliphatic rings. The van der Waals surface area contributed by atoms with Gasteiger partial charge in [0, 0.05) is 19.8 Å². The monoisotopic (exact) mass is 228 g/mol. The van der Waals surface area contributed by atoms with Gasteiger partial charge in [-0.2, -0.15) is 0 Å². The predicted octanol–water partition coefficient (Wildman–Crippen LogP) is 1.21. The van der Waals surface area contributed by atoms with Gasteiger partial charge in [0.05, 0.1) is 12.2 Å². The number of amides is 1. The van der Waals surface area contributed by atoms with Gasteiger partial charge < -0.3 is 9.64 Å². The number of carbonyl (C=O) groups excluding carboxylic acids is 1. The van der Waals surface area contributed by atoms with Crippen LogP contribution >= 0.6 is 0 Å². The number of nitrogens with zero attached hydrogens (tertiary/aromatic N) is 1. The van der Waals surface area contributed by atoms with Gasteiger partial charge in [0.25, 0.3) is 0 Å². The number of carbonyl (C=O) groups is 1. The van der Waals surface area contributed by atoms with Crippen molar-refractivity contribution < 1.29 is 9.53 Å². The minimum Gasteiger partial charge on any atom is -0.385 e. The van der Waals surface area contributed by atoms with Gasteiger partial charge in [-0.3, -0.25) is 10.1 Å². The van der Waals surface area contributed by atoms with Crippen molar-refractivity contribution in [1.82, 2.24) is 10.2 Å². The molecule has 1 aliphatic heterocycles. The van der Waals surface area contributed by atoms with Crippen LogP contribution in [0.1, 0.15) is 34.1 Å². The van der Waals surface area contributed by atoms with Crippen LogP contribution in [0.15, 0.2) is 0 Å². The molecule has 0 saturated carbocycles. The lowest BCUT2D eigenvalue weighted by molar-refractivity contribution is -0.132. The zero-order valence-electron chi connectivity index (χ0n) is 11.0. The SMILES string of the molecule is COCCC(C)N1C(=O)C(C(C)C)NC1C. The Morgan fingerprint density at radius 1 is 1.44 bits per heavy atom. The number of hydrogen-bond acceptors (Lipinski definition) is 3. The lowest BCUT2D eigenvalue weighted by Crippen LogP contribution is -2.42. The molecule has 0 aliphatic carbocycles. The fraction of sp³-hybridized carbons (Fsp3) is 0.917. The van der Waals surface area contributed by atoms with Crippen LogP contribution in [0.2, 0.25) is 0 Å². The summed E-state index contributed by atoms with van der Waals surface area (Å²) in [6.07, 6.45) is 1.02. The second kappa shape index (κ2) is 5.64. The molecule has 16 heavy (non-hydrogen) atoms. The standard InChI is InChI=1S/C12H24N2O2/c1-8(2)11-12(15)14(10(4)13-11)9(3)6-7-16-5/h8-11,13H,6-7H2,1-5H3. The number of ether oxygens (including phenoxy) is 1. The summed E-state index contributed by atoms with van der Waals surface area (Å²) >= 11 is 0. The first kappa shape index (κ1) is 13.5. The summed E-state index contributed by atoms with van der Waals surface area (Å²) in [7, 11) is 1.69. The van der Waals surface area contributed by atoms with Crippen molar-refractivity contribution >= 4 is 5.91 Å². The normalized spacial score (nSPS) is 27.9. The quantitative estimate of drug-likeness (QED) is 0.769. The van der Waals surface area contributed by atoms with Crippen molar-refractivity contribution in [3.05, 3.63) is 0 Å². The maximum Gasteiger partial charge on any atom is 0.241 e. The molecule has 3 atom stereocenters. The Morgan fingerprint density at radius 2 is 2.06 bits per heavy atom. The number of methoxy groups -OCH3 is 1. The van der Waals surface area contributed by atoms with Crippen molar-refractivity contribution in [2.24, 2.45) is 5.92 Å². The minimum absolute atomic E-state index is 0.0278. The van der Waals surface area contributed by atoms with Crippen molar-refractivity contribution in [3.63, 3.8) is 0 Å². The van der Waals surface area contributed by atoms with Crippen molar-refractivity contribution in [1.29, 1.82) is 0 Å². The molecule has 1 N–H and O–H groups in total. The van der Waals surface area contributed by atoms with Gasteiger partial charge in [0.15, 0.2) is 0 Å². The summed E-state index contributed by atoms with van der Waals surface area (Å²) in [4.78, 5) is 14.1. The summed E-state index contributed by atoms with van der Waals surface area (Å²) < 4.78 is 5.06. The summed E-state index contributed by atoms with van der Waals surface area (Å²) in [5.41, 5.74) is 0. The van der Waals surface area contributed by atoms with Gasteiger partial charge in [-0.15, -0.1) is 0 Å². The van der Waals surface area contributed by atoms with E-state index in [1.807, 2.05) is 11.8 Å². The van der Waals surface area contributed by atoms with Crippen molar-refractivity contribution in [3.8, 4) is 0 Å². The van der Waals surface area contributed by atoms with Crippen molar-refractivity contribution in [2.75, 3.05) is 13.7 Å². The van der Waals surface area contributed by atoms with E-state index in [4.69, 9.17) is 4.74 Å². The average Bonchev–Trinajstić information content (AvgIpc) is 2.51. The Balaban J connectivity index is 2.63. The van der Waals surface area contributed by atoms with Crippen LogP contribution < -0.4 is 5.32 Å². The molecule has 0 aromatic rings. The third-order valence-electron chi connectivity index (χ3n) is 3.24. The van der Waals surface area contributed by atoms with E-state index >= 15 is 0 Å². The van der Waals surface area contributed by atoms with Crippen LogP contribution in [0.5, 0.6) is 0 Å². The maximum absolute atomic E-state index is 12.2. The highest BCUT2D eigenvalue weighted by atomic mass is 16.5. The van der Waals surface area contributed by atoms with Crippen LogP contribution in [0.3, 0.4) is 0 Å². The highest BCUT2D eigenvalue weighted by molar-refractivity contribution is 5.84. The summed E-state index contributed by atoms with van der Waals surface area (Å²) in [5, 5.41) is 3.35. The molecule has 1 amide bonds. The highest BCUT2D eigenvalue weighted by Gasteiger charge is 2.39. The van der Waals surface area contributed by atoms with Crippen LogP contribution in [0.25, 0.3) is 0 Å². The summed E-state index contributed by atoms with van der Waals surface area (Å²) in [6.45, 7) is 8.97. The smallest absolute Gasteiger partial charge is 0.241 e. The third-order valence-corrected chi connectivity index (χ3v) is 3.24. The Labute approximate surface area is 98.3 Å². The molecule has 0 aromatic heterocycles. The second-order valence-corrected chi connectivity index (χ2v) is 4.94. The summed E-state index contributed by atoms with van der Waals surface area (Å²) in [6, 6.07) is 0.207. The van der Waals surface area contributed by atoms with E-state index in [0.29, 0.717) is 12.5 Å². The molecule has 4 nitrogen and oxygen atoms in total. The topological polar surface area (TPSA) is 41.6 Å². The van der Waals surface area contributed by atoms with Gasteiger partial charge in [-0.1, -0.05) is 13.8 Å². The van der Waals surface area contributed by atoms with Gasteiger partial charge in [-0.25, -0.2) is 0 Å². The fourth-order valence-electron chi connectivity index (χ4n) is 2.27. The Kier molecular flexibility index (Phi) is 4.74. The van der Waals surface area contributed by atoms with E-state index < -0.39 is 0 Å². The molecular formula is C12H24N2O2. The number of hydrogen-bond donors (Lipinski definition) is 1. The van der Waals surface area contributed by atoms with Gasteiger partial charge in [0.1, 0.15) is 0 Å². The second-order valence-electron chi connectivity index (χ2n) is 4.94. The van der Waals surface area contributed by atoms with E-state index in [1.54, 1.807) is 7.11 Å². The molecule has 0 bridgehead atoms. The molecule has 1 fully saturated rings. The predicted molar refractivity (Wildman–Crippen MR) is 64.0 cm³/mol. The molecule has 1 rings (SSSR count). The fourth-order valence-corrected chi connectivity index (χ4v) is 2.27. The van der Waals surface area contributed by atoms with Gasteiger partial charge in [0.2, 0.25) is 5.91 Å². The van der Waals surface area contributed by atoms with E-state index in [2.05, 4.69) is 26.1 Å². The van der Waals surface area contributed by atoms with Gasteiger partial charge in [-0.05, 0) is 26.2 Å². The molecule has 4 heteroatoms. The first-order chi connectivity index (χ1) is 7.49.